The van der Waals surface area contributed by atoms with E-state index in [2.05, 4.69) is 38.8 Å². The highest BCUT2D eigenvalue weighted by Gasteiger charge is 2.18. The summed E-state index contributed by atoms with van der Waals surface area (Å²) in [5.74, 6) is 1.96. The Morgan fingerprint density at radius 1 is 1.44 bits per heavy atom. The van der Waals surface area contributed by atoms with Crippen LogP contribution in [-0.2, 0) is 6.54 Å². The van der Waals surface area contributed by atoms with Gasteiger partial charge in [0.15, 0.2) is 0 Å². The van der Waals surface area contributed by atoms with Gasteiger partial charge >= 0.3 is 0 Å². The predicted molar refractivity (Wildman–Crippen MR) is 79.7 cm³/mol. The lowest BCUT2D eigenvalue weighted by molar-refractivity contribution is 0.459. The Bertz CT molecular complexity index is 395. The van der Waals surface area contributed by atoms with E-state index in [0.717, 1.165) is 34.9 Å². The van der Waals surface area contributed by atoms with Crippen molar-refractivity contribution in [2.75, 3.05) is 18.0 Å². The molecule has 1 fully saturated rings. The van der Waals surface area contributed by atoms with Crippen molar-refractivity contribution in [1.82, 2.24) is 4.98 Å². The molecule has 1 aromatic heterocycles. The van der Waals surface area contributed by atoms with E-state index < -0.39 is 0 Å². The van der Waals surface area contributed by atoms with E-state index in [4.69, 9.17) is 5.73 Å². The van der Waals surface area contributed by atoms with Crippen molar-refractivity contribution in [2.24, 2.45) is 11.7 Å². The summed E-state index contributed by atoms with van der Waals surface area (Å²) in [6.07, 6.45) is 7.06. The fourth-order valence-corrected chi connectivity index (χ4v) is 3.07. The predicted octanol–water partition coefficient (Wildman–Crippen LogP) is 3.32. The van der Waals surface area contributed by atoms with Crippen molar-refractivity contribution >= 4 is 21.7 Å². The maximum absolute atomic E-state index is 5.83. The average molecular weight is 312 g/mol. The molecule has 1 aliphatic rings. The van der Waals surface area contributed by atoms with Gasteiger partial charge in [-0.05, 0) is 47.2 Å². The maximum Gasteiger partial charge on any atom is 0.133 e. The first-order chi connectivity index (χ1) is 8.74. The number of anilines is 1. The summed E-state index contributed by atoms with van der Waals surface area (Å²) in [6.45, 7) is 5.07. The number of aromatic nitrogens is 1. The van der Waals surface area contributed by atoms with Gasteiger partial charge in [0, 0.05) is 35.9 Å². The second-order valence-corrected chi connectivity index (χ2v) is 5.95. The molecule has 1 atom stereocenters. The first kappa shape index (κ1) is 13.8. The summed E-state index contributed by atoms with van der Waals surface area (Å²) in [5, 5.41) is 0. The van der Waals surface area contributed by atoms with E-state index in [-0.39, 0.29) is 0 Å². The summed E-state index contributed by atoms with van der Waals surface area (Å²) in [4.78, 5) is 6.97. The first-order valence-electron chi connectivity index (χ1n) is 6.84. The van der Waals surface area contributed by atoms with Gasteiger partial charge in [-0.3, -0.25) is 0 Å². The summed E-state index contributed by atoms with van der Waals surface area (Å²) < 4.78 is 1.01. The number of nitrogens with two attached hydrogens (primary N) is 1. The van der Waals surface area contributed by atoms with Crippen molar-refractivity contribution in [3.63, 3.8) is 0 Å². The number of rotatable bonds is 3. The second-order valence-electron chi connectivity index (χ2n) is 5.03. The van der Waals surface area contributed by atoms with Crippen LogP contribution in [0.4, 0.5) is 5.82 Å². The fraction of sp³-hybridized carbons (Fsp3) is 0.643. The van der Waals surface area contributed by atoms with Crippen LogP contribution in [0.25, 0.3) is 0 Å². The van der Waals surface area contributed by atoms with Crippen LogP contribution in [-0.4, -0.2) is 18.1 Å². The van der Waals surface area contributed by atoms with Crippen LogP contribution < -0.4 is 10.6 Å². The number of hydrogen-bond acceptors (Lipinski definition) is 3. The topological polar surface area (TPSA) is 42.2 Å². The highest BCUT2D eigenvalue weighted by molar-refractivity contribution is 9.10. The molecule has 1 unspecified atom stereocenters. The quantitative estimate of drug-likeness (QED) is 0.931. The second kappa shape index (κ2) is 6.53. The molecule has 1 aromatic rings. The molecule has 2 N–H and O–H groups in total. The lowest BCUT2D eigenvalue weighted by Crippen LogP contribution is -2.27. The van der Waals surface area contributed by atoms with E-state index in [9.17, 15) is 0 Å². The molecule has 4 heteroatoms. The normalized spacial score (nSPS) is 20.8. The summed E-state index contributed by atoms with van der Waals surface area (Å²) in [7, 11) is 0. The first-order valence-corrected chi connectivity index (χ1v) is 7.63. The molecule has 0 amide bonds. The molecule has 0 aliphatic carbocycles. The molecule has 18 heavy (non-hydrogen) atoms. The number of nitrogens with zero attached hydrogens (tertiary/aromatic N) is 2. The fourth-order valence-electron chi connectivity index (χ4n) is 2.69. The zero-order valence-electron chi connectivity index (χ0n) is 11.0. The van der Waals surface area contributed by atoms with Crippen LogP contribution in [0.1, 0.15) is 38.2 Å². The summed E-state index contributed by atoms with van der Waals surface area (Å²) in [6, 6.07) is 2.09. The lowest BCUT2D eigenvalue weighted by Gasteiger charge is -2.24. The molecule has 2 heterocycles. The van der Waals surface area contributed by atoms with Gasteiger partial charge in [0.25, 0.3) is 0 Å². The van der Waals surface area contributed by atoms with E-state index >= 15 is 0 Å². The van der Waals surface area contributed by atoms with Gasteiger partial charge in [0.1, 0.15) is 5.82 Å². The van der Waals surface area contributed by atoms with Gasteiger partial charge in [-0.2, -0.15) is 0 Å². The minimum absolute atomic E-state index is 0.551. The van der Waals surface area contributed by atoms with Crippen LogP contribution in [0.15, 0.2) is 16.7 Å². The molecule has 0 aromatic carbocycles. The smallest absolute Gasteiger partial charge is 0.133 e. The van der Waals surface area contributed by atoms with Crippen LogP contribution >= 0.6 is 15.9 Å². The van der Waals surface area contributed by atoms with Crippen molar-refractivity contribution < 1.29 is 0 Å². The third-order valence-electron chi connectivity index (χ3n) is 3.85. The van der Waals surface area contributed by atoms with Crippen LogP contribution in [0.3, 0.4) is 0 Å². The Hall–Kier alpha value is -0.610. The lowest BCUT2D eigenvalue weighted by atomic mass is 9.98. The molecule has 100 valence electrons. The van der Waals surface area contributed by atoms with Gasteiger partial charge in [-0.15, -0.1) is 0 Å². The molecular weight excluding hydrogens is 290 g/mol. The van der Waals surface area contributed by atoms with Gasteiger partial charge < -0.3 is 10.6 Å². The Morgan fingerprint density at radius 2 is 2.28 bits per heavy atom. The Balaban J connectivity index is 2.15. The van der Waals surface area contributed by atoms with E-state index in [1.165, 1.54) is 25.7 Å². The molecule has 0 bridgehead atoms. The van der Waals surface area contributed by atoms with Crippen molar-refractivity contribution in [2.45, 2.75) is 39.2 Å². The molecule has 0 saturated carbocycles. The Morgan fingerprint density at radius 3 is 3.00 bits per heavy atom. The number of hydrogen-bond donors (Lipinski definition) is 1. The molecule has 0 spiro atoms. The highest BCUT2D eigenvalue weighted by Crippen LogP contribution is 2.26. The minimum atomic E-state index is 0.551. The minimum Gasteiger partial charge on any atom is -0.356 e. The largest absolute Gasteiger partial charge is 0.356 e. The zero-order chi connectivity index (χ0) is 13.0. The van der Waals surface area contributed by atoms with E-state index in [1.54, 1.807) is 0 Å². The number of pyridine rings is 1. The monoisotopic (exact) mass is 311 g/mol. The van der Waals surface area contributed by atoms with Gasteiger partial charge in [-0.1, -0.05) is 13.3 Å². The highest BCUT2D eigenvalue weighted by atomic mass is 79.9. The molecule has 1 saturated heterocycles. The molecule has 2 rings (SSSR count). The SMILES string of the molecule is CCC1CCCN(c2ncc(Br)cc2CN)CC1. The van der Waals surface area contributed by atoms with Gasteiger partial charge in [-0.25, -0.2) is 4.98 Å². The van der Waals surface area contributed by atoms with Crippen LogP contribution in [0.5, 0.6) is 0 Å². The standard InChI is InChI=1S/C14H22BrN3/c1-2-11-4-3-6-18(7-5-11)14-12(9-16)8-13(15)10-17-14/h8,10-11H,2-7,9,16H2,1H3. The van der Waals surface area contributed by atoms with Gasteiger partial charge in [0.2, 0.25) is 0 Å². The maximum atomic E-state index is 5.83. The van der Waals surface area contributed by atoms with E-state index in [0.29, 0.717) is 6.54 Å². The van der Waals surface area contributed by atoms with Crippen molar-refractivity contribution in [3.05, 3.63) is 22.3 Å². The third kappa shape index (κ3) is 3.23. The molecule has 0 radical (unpaired) electrons. The zero-order valence-corrected chi connectivity index (χ0v) is 12.6. The molecular formula is C14H22BrN3. The molecule has 3 nitrogen and oxygen atoms in total. The summed E-state index contributed by atoms with van der Waals surface area (Å²) >= 11 is 3.46. The van der Waals surface area contributed by atoms with Crippen molar-refractivity contribution in [1.29, 1.82) is 0 Å². The molecule has 1 aliphatic heterocycles. The van der Waals surface area contributed by atoms with Crippen LogP contribution in [0.2, 0.25) is 0 Å². The Kier molecular flexibility index (Phi) is 5.01. The average Bonchev–Trinajstić information content (AvgIpc) is 2.63. The van der Waals surface area contributed by atoms with Gasteiger partial charge in [0.05, 0.1) is 0 Å². The van der Waals surface area contributed by atoms with E-state index in [1.807, 2.05) is 6.20 Å². The van der Waals surface area contributed by atoms with Crippen LogP contribution in [0, 0.1) is 5.92 Å². The van der Waals surface area contributed by atoms with Crippen molar-refractivity contribution in [3.8, 4) is 0 Å². The number of halogens is 1. The Labute approximate surface area is 118 Å². The summed E-state index contributed by atoms with van der Waals surface area (Å²) in [5.41, 5.74) is 6.97. The third-order valence-corrected chi connectivity index (χ3v) is 4.29.